The maximum atomic E-state index is 12.8. The van der Waals surface area contributed by atoms with Crippen LogP contribution in [-0.2, 0) is 11.2 Å². The van der Waals surface area contributed by atoms with Gasteiger partial charge < -0.3 is 19.6 Å². The summed E-state index contributed by atoms with van der Waals surface area (Å²) in [6.45, 7) is 3.02. The SMILES string of the molecule is O=C(c1ccc(C(=O)N2C[C@@H](Cc3cnccn3)[C@H](O)C2)cc1)N1CCOCC1. The molecule has 3 heterocycles. The number of likely N-dealkylation sites (tertiary alicyclic amines) is 1. The van der Waals surface area contributed by atoms with Crippen molar-refractivity contribution in [3.05, 3.63) is 59.7 Å². The average Bonchev–Trinajstić information content (AvgIpc) is 3.14. The van der Waals surface area contributed by atoms with E-state index in [0.29, 0.717) is 50.4 Å². The van der Waals surface area contributed by atoms with Crippen LogP contribution in [0.25, 0.3) is 0 Å². The van der Waals surface area contributed by atoms with Gasteiger partial charge in [-0.1, -0.05) is 0 Å². The highest BCUT2D eigenvalue weighted by Gasteiger charge is 2.34. The Balaban J connectivity index is 1.38. The Kier molecular flexibility index (Phi) is 5.82. The number of nitrogens with zero attached hydrogens (tertiary/aromatic N) is 4. The second-order valence-corrected chi connectivity index (χ2v) is 7.42. The monoisotopic (exact) mass is 396 g/mol. The Morgan fingerprint density at radius 3 is 2.28 bits per heavy atom. The highest BCUT2D eigenvalue weighted by atomic mass is 16.5. The summed E-state index contributed by atoms with van der Waals surface area (Å²) in [7, 11) is 0. The molecule has 0 bridgehead atoms. The van der Waals surface area contributed by atoms with Crippen molar-refractivity contribution in [2.45, 2.75) is 12.5 Å². The summed E-state index contributed by atoms with van der Waals surface area (Å²) < 4.78 is 5.28. The molecular weight excluding hydrogens is 372 g/mol. The molecular formula is C21H24N4O4. The molecule has 29 heavy (non-hydrogen) atoms. The normalized spacial score (nSPS) is 22.0. The summed E-state index contributed by atoms with van der Waals surface area (Å²) in [6, 6.07) is 6.74. The number of aliphatic hydroxyl groups is 1. The van der Waals surface area contributed by atoms with Gasteiger partial charge in [0.2, 0.25) is 0 Å². The maximum Gasteiger partial charge on any atom is 0.254 e. The quantitative estimate of drug-likeness (QED) is 0.814. The van der Waals surface area contributed by atoms with Crippen molar-refractivity contribution < 1.29 is 19.4 Å². The molecule has 8 heteroatoms. The fourth-order valence-electron chi connectivity index (χ4n) is 3.81. The lowest BCUT2D eigenvalue weighted by Crippen LogP contribution is -2.40. The lowest BCUT2D eigenvalue weighted by molar-refractivity contribution is 0.0303. The molecule has 152 valence electrons. The molecule has 0 saturated carbocycles. The zero-order valence-corrected chi connectivity index (χ0v) is 16.1. The molecule has 2 amide bonds. The highest BCUT2D eigenvalue weighted by Crippen LogP contribution is 2.22. The van der Waals surface area contributed by atoms with Crippen molar-refractivity contribution in [1.29, 1.82) is 0 Å². The molecule has 2 aliphatic rings. The minimum atomic E-state index is -0.594. The number of carbonyl (C=O) groups excluding carboxylic acids is 2. The first-order chi connectivity index (χ1) is 14.1. The molecule has 0 spiro atoms. The number of rotatable bonds is 4. The molecule has 0 unspecified atom stereocenters. The largest absolute Gasteiger partial charge is 0.391 e. The van der Waals surface area contributed by atoms with Crippen LogP contribution >= 0.6 is 0 Å². The number of aliphatic hydroxyl groups excluding tert-OH is 1. The van der Waals surface area contributed by atoms with Crippen molar-refractivity contribution in [1.82, 2.24) is 19.8 Å². The molecule has 2 atom stereocenters. The molecule has 1 N–H and O–H groups in total. The van der Waals surface area contributed by atoms with E-state index >= 15 is 0 Å². The molecule has 8 nitrogen and oxygen atoms in total. The predicted molar refractivity (Wildman–Crippen MR) is 104 cm³/mol. The topological polar surface area (TPSA) is 95.9 Å². The number of hydrogen-bond donors (Lipinski definition) is 1. The summed E-state index contributed by atoms with van der Waals surface area (Å²) in [4.78, 5) is 37.1. The van der Waals surface area contributed by atoms with E-state index < -0.39 is 6.10 Å². The van der Waals surface area contributed by atoms with Gasteiger partial charge in [0.15, 0.2) is 0 Å². The summed E-state index contributed by atoms with van der Waals surface area (Å²) in [5.41, 5.74) is 1.87. The standard InChI is InChI=1S/C21H24N4O4/c26-19-14-25(13-17(19)11-18-12-22-5-6-23-18)21(28)16-3-1-15(2-4-16)20(27)24-7-9-29-10-8-24/h1-6,12,17,19,26H,7-11,13-14H2/t17-,19-/m1/s1. The van der Waals surface area contributed by atoms with Crippen molar-refractivity contribution in [3.63, 3.8) is 0 Å². The molecule has 0 aliphatic carbocycles. The summed E-state index contributed by atoms with van der Waals surface area (Å²) in [5.74, 6) is -0.262. The molecule has 2 aliphatic heterocycles. The second kappa shape index (κ2) is 8.67. The Morgan fingerprint density at radius 1 is 1.00 bits per heavy atom. The van der Waals surface area contributed by atoms with Gasteiger partial charge in [0.25, 0.3) is 11.8 Å². The molecule has 2 saturated heterocycles. The van der Waals surface area contributed by atoms with E-state index in [1.807, 2.05) is 0 Å². The predicted octanol–water partition coefficient (Wildman–Crippen LogP) is 0.625. The van der Waals surface area contributed by atoms with Gasteiger partial charge in [-0.3, -0.25) is 19.6 Å². The van der Waals surface area contributed by atoms with Gasteiger partial charge in [-0.05, 0) is 30.7 Å². The van der Waals surface area contributed by atoms with E-state index in [9.17, 15) is 14.7 Å². The minimum Gasteiger partial charge on any atom is -0.391 e. The van der Waals surface area contributed by atoms with Crippen LogP contribution in [-0.4, -0.2) is 82.2 Å². The van der Waals surface area contributed by atoms with Gasteiger partial charge in [0, 0.05) is 61.8 Å². The molecule has 2 aromatic rings. The number of aromatic nitrogens is 2. The average molecular weight is 396 g/mol. The number of benzene rings is 1. The third kappa shape index (κ3) is 4.44. The fourth-order valence-corrected chi connectivity index (χ4v) is 3.81. The second-order valence-electron chi connectivity index (χ2n) is 7.42. The van der Waals surface area contributed by atoms with Gasteiger partial charge in [-0.25, -0.2) is 0 Å². The van der Waals surface area contributed by atoms with Crippen LogP contribution in [0.4, 0.5) is 0 Å². The Bertz CT molecular complexity index is 853. The van der Waals surface area contributed by atoms with E-state index in [2.05, 4.69) is 9.97 Å². The molecule has 2 fully saturated rings. The van der Waals surface area contributed by atoms with E-state index in [4.69, 9.17) is 4.74 Å². The lowest BCUT2D eigenvalue weighted by atomic mass is 10.0. The van der Waals surface area contributed by atoms with E-state index in [0.717, 1.165) is 5.69 Å². The van der Waals surface area contributed by atoms with Crippen molar-refractivity contribution in [3.8, 4) is 0 Å². The summed E-state index contributed by atoms with van der Waals surface area (Å²) in [5, 5.41) is 10.4. The smallest absolute Gasteiger partial charge is 0.254 e. The van der Waals surface area contributed by atoms with Gasteiger partial charge in [0.05, 0.1) is 25.0 Å². The Labute approximate surface area is 169 Å². The van der Waals surface area contributed by atoms with E-state index in [-0.39, 0.29) is 24.3 Å². The number of ether oxygens (including phenoxy) is 1. The van der Waals surface area contributed by atoms with Crippen LogP contribution in [0, 0.1) is 5.92 Å². The number of hydrogen-bond acceptors (Lipinski definition) is 6. The van der Waals surface area contributed by atoms with Gasteiger partial charge in [0.1, 0.15) is 0 Å². The fraction of sp³-hybridized carbons (Fsp3) is 0.429. The van der Waals surface area contributed by atoms with Gasteiger partial charge >= 0.3 is 0 Å². The molecule has 1 aromatic heterocycles. The van der Waals surface area contributed by atoms with E-state index in [1.54, 1.807) is 52.7 Å². The number of amides is 2. The summed E-state index contributed by atoms with van der Waals surface area (Å²) in [6.07, 6.45) is 4.90. The zero-order chi connectivity index (χ0) is 20.2. The van der Waals surface area contributed by atoms with Crippen LogP contribution in [0.1, 0.15) is 26.4 Å². The Morgan fingerprint density at radius 2 is 1.66 bits per heavy atom. The van der Waals surface area contributed by atoms with Gasteiger partial charge in [-0.2, -0.15) is 0 Å². The zero-order valence-electron chi connectivity index (χ0n) is 16.1. The van der Waals surface area contributed by atoms with Crippen molar-refractivity contribution >= 4 is 11.8 Å². The van der Waals surface area contributed by atoms with Gasteiger partial charge in [-0.15, -0.1) is 0 Å². The third-order valence-electron chi connectivity index (χ3n) is 5.46. The third-order valence-corrected chi connectivity index (χ3v) is 5.46. The lowest BCUT2D eigenvalue weighted by Gasteiger charge is -2.27. The van der Waals surface area contributed by atoms with Crippen LogP contribution in [0.2, 0.25) is 0 Å². The summed E-state index contributed by atoms with van der Waals surface area (Å²) >= 11 is 0. The van der Waals surface area contributed by atoms with E-state index in [1.165, 1.54) is 0 Å². The van der Waals surface area contributed by atoms with Crippen LogP contribution in [0.5, 0.6) is 0 Å². The first-order valence-corrected chi connectivity index (χ1v) is 9.81. The Hall–Kier alpha value is -2.84. The number of morpholine rings is 1. The number of β-amino-alcohol motifs (C(OH)–C–C–N with tert-alkyl or cyclic N) is 1. The maximum absolute atomic E-state index is 12.8. The van der Waals surface area contributed by atoms with Crippen LogP contribution in [0.3, 0.4) is 0 Å². The molecule has 4 rings (SSSR count). The molecule has 0 radical (unpaired) electrons. The molecule has 1 aromatic carbocycles. The van der Waals surface area contributed by atoms with Crippen LogP contribution < -0.4 is 0 Å². The van der Waals surface area contributed by atoms with Crippen LogP contribution in [0.15, 0.2) is 42.9 Å². The van der Waals surface area contributed by atoms with Crippen molar-refractivity contribution in [2.24, 2.45) is 5.92 Å². The first kappa shape index (κ1) is 19.5. The first-order valence-electron chi connectivity index (χ1n) is 9.81. The minimum absolute atomic E-state index is 0.0482. The highest BCUT2D eigenvalue weighted by molar-refractivity contribution is 5.98. The van der Waals surface area contributed by atoms with Crippen molar-refractivity contribution in [2.75, 3.05) is 39.4 Å². The number of carbonyl (C=O) groups is 2.